The summed E-state index contributed by atoms with van der Waals surface area (Å²) in [6, 6.07) is 12.5. The second-order valence-electron chi connectivity index (χ2n) is 5.62. The maximum atomic E-state index is 12.6. The molecule has 1 saturated heterocycles. The van der Waals surface area contributed by atoms with Gasteiger partial charge >= 0.3 is 12.0 Å². The van der Waals surface area contributed by atoms with Crippen LogP contribution in [0.3, 0.4) is 0 Å². The minimum absolute atomic E-state index is 0.188. The fourth-order valence-electron chi connectivity index (χ4n) is 2.64. The molecular weight excluding hydrogens is 324 g/mol. The Kier molecular flexibility index (Phi) is 4.66. The van der Waals surface area contributed by atoms with Gasteiger partial charge in [-0.15, -0.1) is 11.3 Å². The molecule has 0 saturated carbocycles. The molecule has 1 aromatic carbocycles. The van der Waals surface area contributed by atoms with Gasteiger partial charge in [0, 0.05) is 15.5 Å². The van der Waals surface area contributed by atoms with Gasteiger partial charge in [-0.2, -0.15) is 0 Å². The molecule has 2 heterocycles. The lowest BCUT2D eigenvalue weighted by Gasteiger charge is -2.32. The Morgan fingerprint density at radius 1 is 1.25 bits per heavy atom. The summed E-state index contributed by atoms with van der Waals surface area (Å²) in [5, 5.41) is 5.38. The van der Waals surface area contributed by atoms with E-state index in [2.05, 4.69) is 17.2 Å². The second-order valence-corrected chi connectivity index (χ2v) is 6.94. The molecule has 24 heavy (non-hydrogen) atoms. The van der Waals surface area contributed by atoms with E-state index in [0.717, 1.165) is 15.3 Å². The van der Waals surface area contributed by atoms with Crippen LogP contribution in [0.2, 0.25) is 0 Å². The molecule has 1 aliphatic heterocycles. The lowest BCUT2D eigenvalue weighted by molar-refractivity contribution is -0.149. The van der Waals surface area contributed by atoms with Gasteiger partial charge in [0.25, 0.3) is 0 Å². The maximum absolute atomic E-state index is 12.6. The summed E-state index contributed by atoms with van der Waals surface area (Å²) in [7, 11) is 0. The van der Waals surface area contributed by atoms with Crippen molar-refractivity contribution in [2.75, 3.05) is 0 Å². The van der Waals surface area contributed by atoms with Crippen LogP contribution in [-0.4, -0.2) is 12.0 Å². The molecule has 6 heteroatoms. The third-order valence-electron chi connectivity index (χ3n) is 3.81. The van der Waals surface area contributed by atoms with Crippen molar-refractivity contribution in [3.8, 4) is 0 Å². The van der Waals surface area contributed by atoms with Crippen LogP contribution in [0.25, 0.3) is 0 Å². The standard InChI is InChI=1S/C18H18N2O3S/c1-11-8-9-14(24-11)16-15(12(2)19-18(22)20-16)17(21)23-10-13-6-4-3-5-7-13/h3-9,15-16H,2,10H2,1H3,(H2,19,20,22). The zero-order valence-corrected chi connectivity index (χ0v) is 14.1. The number of benzene rings is 1. The van der Waals surface area contributed by atoms with Crippen molar-refractivity contribution in [1.82, 2.24) is 10.6 Å². The average Bonchev–Trinajstić information content (AvgIpc) is 2.99. The van der Waals surface area contributed by atoms with Gasteiger partial charge in [0.1, 0.15) is 12.5 Å². The first kappa shape index (κ1) is 16.3. The molecule has 3 rings (SSSR count). The number of amides is 2. The third kappa shape index (κ3) is 3.49. The van der Waals surface area contributed by atoms with E-state index in [0.29, 0.717) is 5.70 Å². The first-order chi connectivity index (χ1) is 11.5. The van der Waals surface area contributed by atoms with Crippen LogP contribution >= 0.6 is 11.3 Å². The minimum Gasteiger partial charge on any atom is -0.460 e. The smallest absolute Gasteiger partial charge is 0.319 e. The molecule has 5 nitrogen and oxygen atoms in total. The number of nitrogens with one attached hydrogen (secondary N) is 2. The number of aryl methyl sites for hydroxylation is 1. The Labute approximate surface area is 144 Å². The summed E-state index contributed by atoms with van der Waals surface area (Å²) in [6.07, 6.45) is 0. The van der Waals surface area contributed by atoms with Crippen LogP contribution in [0.4, 0.5) is 4.79 Å². The summed E-state index contributed by atoms with van der Waals surface area (Å²) < 4.78 is 5.45. The fraction of sp³-hybridized carbons (Fsp3) is 0.222. The highest BCUT2D eigenvalue weighted by Crippen LogP contribution is 2.34. The van der Waals surface area contributed by atoms with Crippen molar-refractivity contribution in [2.45, 2.75) is 19.6 Å². The lowest BCUT2D eigenvalue weighted by Crippen LogP contribution is -2.50. The molecule has 124 valence electrons. The quantitative estimate of drug-likeness (QED) is 0.838. The third-order valence-corrected chi connectivity index (χ3v) is 4.90. The van der Waals surface area contributed by atoms with Crippen molar-refractivity contribution in [3.05, 3.63) is 70.1 Å². The topological polar surface area (TPSA) is 67.4 Å². The molecule has 0 spiro atoms. The number of hydrogen-bond acceptors (Lipinski definition) is 4. The first-order valence-electron chi connectivity index (χ1n) is 7.58. The van der Waals surface area contributed by atoms with Gasteiger partial charge in [-0.1, -0.05) is 36.9 Å². The van der Waals surface area contributed by atoms with Crippen LogP contribution in [-0.2, 0) is 16.1 Å². The molecule has 1 fully saturated rings. The summed E-state index contributed by atoms with van der Waals surface area (Å²) >= 11 is 1.54. The van der Waals surface area contributed by atoms with E-state index in [-0.39, 0.29) is 12.6 Å². The molecule has 2 amide bonds. The number of thiophene rings is 1. The van der Waals surface area contributed by atoms with Crippen molar-refractivity contribution in [1.29, 1.82) is 0 Å². The molecule has 0 aliphatic carbocycles. The molecule has 1 aliphatic rings. The van der Waals surface area contributed by atoms with Crippen LogP contribution in [0.1, 0.15) is 21.4 Å². The highest BCUT2D eigenvalue weighted by molar-refractivity contribution is 7.12. The zero-order chi connectivity index (χ0) is 17.1. The number of esters is 1. The number of carbonyl (C=O) groups excluding carboxylic acids is 2. The summed E-state index contributed by atoms with van der Waals surface area (Å²) in [6.45, 7) is 6.01. The monoisotopic (exact) mass is 342 g/mol. The predicted molar refractivity (Wildman–Crippen MR) is 92.3 cm³/mol. The van der Waals surface area contributed by atoms with E-state index in [1.807, 2.05) is 49.4 Å². The Bertz CT molecular complexity index is 770. The molecule has 1 aromatic heterocycles. The highest BCUT2D eigenvalue weighted by Gasteiger charge is 2.39. The van der Waals surface area contributed by atoms with E-state index in [1.54, 1.807) is 11.3 Å². The van der Waals surface area contributed by atoms with Gasteiger partial charge < -0.3 is 15.4 Å². The van der Waals surface area contributed by atoms with E-state index >= 15 is 0 Å². The van der Waals surface area contributed by atoms with E-state index in [9.17, 15) is 9.59 Å². The predicted octanol–water partition coefficient (Wildman–Crippen LogP) is 3.28. The Morgan fingerprint density at radius 2 is 2.00 bits per heavy atom. The number of rotatable bonds is 4. The maximum Gasteiger partial charge on any atom is 0.319 e. The van der Waals surface area contributed by atoms with Gasteiger partial charge in [-0.3, -0.25) is 4.79 Å². The van der Waals surface area contributed by atoms with E-state index < -0.39 is 17.9 Å². The number of ether oxygens (including phenoxy) is 1. The minimum atomic E-state index is -0.663. The van der Waals surface area contributed by atoms with E-state index in [4.69, 9.17) is 4.74 Å². The highest BCUT2D eigenvalue weighted by atomic mass is 32.1. The molecule has 0 bridgehead atoms. The van der Waals surface area contributed by atoms with Crippen LogP contribution in [0.5, 0.6) is 0 Å². The van der Waals surface area contributed by atoms with Gasteiger partial charge in [0.2, 0.25) is 0 Å². The second kappa shape index (κ2) is 6.88. The van der Waals surface area contributed by atoms with Gasteiger partial charge in [0.15, 0.2) is 0 Å². The summed E-state index contributed by atoms with van der Waals surface area (Å²) in [5.74, 6) is -1.07. The van der Waals surface area contributed by atoms with Crippen molar-refractivity contribution in [3.63, 3.8) is 0 Å². The van der Waals surface area contributed by atoms with Crippen molar-refractivity contribution >= 4 is 23.3 Å². The normalized spacial score (nSPS) is 20.2. The van der Waals surface area contributed by atoms with Crippen LogP contribution < -0.4 is 10.6 Å². The molecule has 2 N–H and O–H groups in total. The van der Waals surface area contributed by atoms with Gasteiger partial charge in [0.05, 0.1) is 6.04 Å². The summed E-state index contributed by atoms with van der Waals surface area (Å²) in [5.41, 5.74) is 1.26. The zero-order valence-electron chi connectivity index (χ0n) is 13.2. The Balaban J connectivity index is 1.77. The van der Waals surface area contributed by atoms with Crippen molar-refractivity contribution in [2.24, 2.45) is 5.92 Å². The molecular formula is C18H18N2O3S. The summed E-state index contributed by atoms with van der Waals surface area (Å²) in [4.78, 5) is 26.4. The van der Waals surface area contributed by atoms with E-state index in [1.165, 1.54) is 0 Å². The molecule has 2 aromatic rings. The Hall–Kier alpha value is -2.60. The fourth-order valence-corrected chi connectivity index (χ4v) is 3.60. The largest absolute Gasteiger partial charge is 0.460 e. The van der Waals surface area contributed by atoms with Gasteiger partial charge in [-0.25, -0.2) is 4.79 Å². The van der Waals surface area contributed by atoms with Gasteiger partial charge in [-0.05, 0) is 24.6 Å². The van der Waals surface area contributed by atoms with Crippen LogP contribution in [0.15, 0.2) is 54.7 Å². The van der Waals surface area contributed by atoms with Crippen molar-refractivity contribution < 1.29 is 14.3 Å². The molecule has 2 atom stereocenters. The van der Waals surface area contributed by atoms with Crippen LogP contribution in [0, 0.1) is 12.8 Å². The Morgan fingerprint density at radius 3 is 2.67 bits per heavy atom. The first-order valence-corrected chi connectivity index (χ1v) is 8.39. The number of carbonyl (C=O) groups is 2. The SMILES string of the molecule is C=C1NC(=O)NC(c2ccc(C)s2)C1C(=O)OCc1ccccc1. The average molecular weight is 342 g/mol. The number of urea groups is 1. The lowest BCUT2D eigenvalue weighted by atomic mass is 9.93. The molecule has 0 radical (unpaired) electrons. The molecule has 2 unspecified atom stereocenters. The number of hydrogen-bond donors (Lipinski definition) is 2.